The first-order valence-electron chi connectivity index (χ1n) is 7.95. The third-order valence-electron chi connectivity index (χ3n) is 4.12. The predicted octanol–water partition coefficient (Wildman–Crippen LogP) is 4.20. The molecule has 3 nitrogen and oxygen atoms in total. The number of alkyl halides is 3. The SMILES string of the molecule is O=S(=O)(Cc1ccccc1)N(Cc1ccc(C(F)(F)F)cc1)C1CC1. The molecule has 0 heterocycles. The molecule has 0 bridgehead atoms. The average molecular weight is 369 g/mol. The van der Waals surface area contributed by atoms with Gasteiger partial charge >= 0.3 is 6.18 Å². The Morgan fingerprint density at radius 2 is 1.52 bits per heavy atom. The normalized spacial score (nSPS) is 15.5. The monoisotopic (exact) mass is 369 g/mol. The fourth-order valence-electron chi connectivity index (χ4n) is 2.66. The van der Waals surface area contributed by atoms with Crippen molar-refractivity contribution in [1.29, 1.82) is 0 Å². The number of hydrogen-bond donors (Lipinski definition) is 0. The largest absolute Gasteiger partial charge is 0.416 e. The van der Waals surface area contributed by atoms with Gasteiger partial charge in [-0.2, -0.15) is 17.5 Å². The number of halogens is 3. The summed E-state index contributed by atoms with van der Waals surface area (Å²) in [4.78, 5) is 0. The Morgan fingerprint density at radius 3 is 2.04 bits per heavy atom. The van der Waals surface area contributed by atoms with Crippen molar-refractivity contribution in [2.75, 3.05) is 0 Å². The fraction of sp³-hybridized carbons (Fsp3) is 0.333. The summed E-state index contributed by atoms with van der Waals surface area (Å²) in [6, 6.07) is 13.5. The maximum Gasteiger partial charge on any atom is 0.416 e. The van der Waals surface area contributed by atoms with Crippen molar-refractivity contribution in [3.8, 4) is 0 Å². The lowest BCUT2D eigenvalue weighted by molar-refractivity contribution is -0.137. The van der Waals surface area contributed by atoms with Gasteiger partial charge in [0.1, 0.15) is 0 Å². The first kappa shape index (κ1) is 17.9. The molecule has 2 aromatic rings. The Balaban J connectivity index is 1.77. The number of hydrogen-bond acceptors (Lipinski definition) is 2. The van der Waals surface area contributed by atoms with Crippen LogP contribution in [0.4, 0.5) is 13.2 Å². The van der Waals surface area contributed by atoms with E-state index >= 15 is 0 Å². The van der Waals surface area contributed by atoms with Gasteiger partial charge in [0.25, 0.3) is 0 Å². The van der Waals surface area contributed by atoms with Gasteiger partial charge in [0.05, 0.1) is 11.3 Å². The molecule has 0 amide bonds. The molecular weight excluding hydrogens is 351 g/mol. The van der Waals surface area contributed by atoms with Crippen LogP contribution in [0.5, 0.6) is 0 Å². The van der Waals surface area contributed by atoms with E-state index in [2.05, 4.69) is 0 Å². The Morgan fingerprint density at radius 1 is 0.920 bits per heavy atom. The zero-order chi connectivity index (χ0) is 18.1. The van der Waals surface area contributed by atoms with E-state index < -0.39 is 21.8 Å². The minimum absolute atomic E-state index is 0.0593. The molecule has 25 heavy (non-hydrogen) atoms. The quantitative estimate of drug-likeness (QED) is 0.765. The lowest BCUT2D eigenvalue weighted by Gasteiger charge is -2.22. The summed E-state index contributed by atoms with van der Waals surface area (Å²) in [5, 5.41) is 0. The van der Waals surface area contributed by atoms with Crippen molar-refractivity contribution in [2.24, 2.45) is 0 Å². The first-order chi connectivity index (χ1) is 11.8. The average Bonchev–Trinajstić information content (AvgIpc) is 3.37. The van der Waals surface area contributed by atoms with E-state index in [4.69, 9.17) is 0 Å². The molecule has 3 rings (SSSR count). The molecule has 0 aliphatic heterocycles. The zero-order valence-electron chi connectivity index (χ0n) is 13.4. The van der Waals surface area contributed by atoms with E-state index in [0.717, 1.165) is 25.0 Å². The molecule has 0 atom stereocenters. The lowest BCUT2D eigenvalue weighted by atomic mass is 10.1. The highest BCUT2D eigenvalue weighted by molar-refractivity contribution is 7.88. The van der Waals surface area contributed by atoms with Crippen LogP contribution in [-0.2, 0) is 28.5 Å². The van der Waals surface area contributed by atoms with Gasteiger partial charge in [-0.25, -0.2) is 8.42 Å². The Labute approximate surface area is 145 Å². The van der Waals surface area contributed by atoms with E-state index in [1.54, 1.807) is 24.3 Å². The lowest BCUT2D eigenvalue weighted by Crippen LogP contribution is -2.33. The number of sulfonamides is 1. The molecular formula is C18H18F3NO2S. The van der Waals surface area contributed by atoms with Crippen molar-refractivity contribution < 1.29 is 21.6 Å². The third-order valence-corrected chi connectivity index (χ3v) is 5.96. The molecule has 1 aliphatic rings. The van der Waals surface area contributed by atoms with Crippen molar-refractivity contribution in [3.05, 3.63) is 71.3 Å². The highest BCUT2D eigenvalue weighted by atomic mass is 32.2. The van der Waals surface area contributed by atoms with Crippen molar-refractivity contribution in [2.45, 2.75) is 37.4 Å². The van der Waals surface area contributed by atoms with Crippen LogP contribution in [0, 0.1) is 0 Å². The Bertz CT molecular complexity index is 814. The summed E-state index contributed by atoms with van der Waals surface area (Å²) in [6.07, 6.45) is -2.82. The third kappa shape index (κ3) is 4.61. The maximum absolute atomic E-state index is 12.8. The second-order valence-electron chi connectivity index (χ2n) is 6.21. The van der Waals surface area contributed by atoms with Crippen LogP contribution in [0.25, 0.3) is 0 Å². The van der Waals surface area contributed by atoms with E-state index in [1.807, 2.05) is 6.07 Å². The van der Waals surface area contributed by atoms with E-state index in [9.17, 15) is 21.6 Å². The molecule has 0 spiro atoms. The zero-order valence-corrected chi connectivity index (χ0v) is 14.2. The second-order valence-corrected chi connectivity index (χ2v) is 8.13. The molecule has 1 aliphatic carbocycles. The molecule has 0 saturated heterocycles. The first-order valence-corrected chi connectivity index (χ1v) is 9.56. The number of benzene rings is 2. The van der Waals surface area contributed by atoms with Gasteiger partial charge in [-0.05, 0) is 36.1 Å². The van der Waals surface area contributed by atoms with Crippen molar-refractivity contribution in [1.82, 2.24) is 4.31 Å². The molecule has 1 saturated carbocycles. The van der Waals surface area contributed by atoms with Crippen molar-refractivity contribution >= 4 is 10.0 Å². The molecule has 0 N–H and O–H groups in total. The van der Waals surface area contributed by atoms with Crippen LogP contribution < -0.4 is 0 Å². The van der Waals surface area contributed by atoms with E-state index in [-0.39, 0.29) is 18.3 Å². The van der Waals surface area contributed by atoms with E-state index in [1.165, 1.54) is 16.4 Å². The molecule has 2 aromatic carbocycles. The number of nitrogens with zero attached hydrogens (tertiary/aromatic N) is 1. The highest BCUT2D eigenvalue weighted by Gasteiger charge is 2.37. The minimum Gasteiger partial charge on any atom is -0.212 e. The highest BCUT2D eigenvalue weighted by Crippen LogP contribution is 2.33. The van der Waals surface area contributed by atoms with Crippen LogP contribution in [0.2, 0.25) is 0 Å². The molecule has 134 valence electrons. The van der Waals surface area contributed by atoms with Crippen LogP contribution >= 0.6 is 0 Å². The van der Waals surface area contributed by atoms with Gasteiger partial charge in [0.15, 0.2) is 0 Å². The minimum atomic E-state index is -4.39. The van der Waals surface area contributed by atoms with Gasteiger partial charge in [0.2, 0.25) is 10.0 Å². The Kier molecular flexibility index (Phi) is 4.88. The van der Waals surface area contributed by atoms with E-state index in [0.29, 0.717) is 11.1 Å². The predicted molar refractivity (Wildman–Crippen MR) is 89.1 cm³/mol. The topological polar surface area (TPSA) is 37.4 Å². The molecule has 0 aromatic heterocycles. The van der Waals surface area contributed by atoms with Gasteiger partial charge in [0, 0.05) is 12.6 Å². The van der Waals surface area contributed by atoms with Crippen LogP contribution in [-0.4, -0.2) is 18.8 Å². The molecule has 0 unspecified atom stereocenters. The summed E-state index contributed by atoms with van der Waals surface area (Å²) in [5.41, 5.74) is 0.512. The van der Waals surface area contributed by atoms with Gasteiger partial charge in [-0.15, -0.1) is 0 Å². The Hall–Kier alpha value is -1.86. The molecule has 0 radical (unpaired) electrons. The van der Waals surface area contributed by atoms with Crippen molar-refractivity contribution in [3.63, 3.8) is 0 Å². The number of rotatable bonds is 6. The smallest absolute Gasteiger partial charge is 0.212 e. The van der Waals surface area contributed by atoms with Gasteiger partial charge < -0.3 is 0 Å². The van der Waals surface area contributed by atoms with Gasteiger partial charge in [-0.1, -0.05) is 42.5 Å². The van der Waals surface area contributed by atoms with Crippen LogP contribution in [0.1, 0.15) is 29.5 Å². The molecule has 1 fully saturated rings. The summed E-state index contributed by atoms with van der Waals surface area (Å²) in [7, 11) is -3.54. The van der Waals surface area contributed by atoms with Gasteiger partial charge in [-0.3, -0.25) is 0 Å². The fourth-order valence-corrected chi connectivity index (χ4v) is 4.45. The van der Waals surface area contributed by atoms with Crippen LogP contribution in [0.15, 0.2) is 54.6 Å². The summed E-state index contributed by atoms with van der Waals surface area (Å²) in [6.45, 7) is 0.0952. The summed E-state index contributed by atoms with van der Waals surface area (Å²) in [5.74, 6) is -0.106. The summed E-state index contributed by atoms with van der Waals surface area (Å²) >= 11 is 0. The molecule has 7 heteroatoms. The summed E-state index contributed by atoms with van der Waals surface area (Å²) < 4.78 is 64.9. The standard InChI is InChI=1S/C18H18F3NO2S/c19-18(20,21)16-8-6-14(7-9-16)12-22(17-10-11-17)25(23,24)13-15-4-2-1-3-5-15/h1-9,17H,10-13H2. The maximum atomic E-state index is 12.8. The van der Waals surface area contributed by atoms with Crippen LogP contribution in [0.3, 0.4) is 0 Å². The second kappa shape index (κ2) is 6.80.